The lowest BCUT2D eigenvalue weighted by Crippen LogP contribution is -2.47. The molecule has 2 heterocycles. The van der Waals surface area contributed by atoms with Gasteiger partial charge in [0.05, 0.1) is 18.8 Å². The van der Waals surface area contributed by atoms with Crippen LogP contribution in [-0.2, 0) is 4.74 Å². The van der Waals surface area contributed by atoms with Gasteiger partial charge in [0.1, 0.15) is 28.8 Å². The van der Waals surface area contributed by atoms with Crippen molar-refractivity contribution in [2.45, 2.75) is 58.0 Å². The SMILES string of the molecule is COc1cc(C=CC=CC=CC(C)=C[C@]2(C)O[C@@H](C)[C@@](C)(O)[C@@H]2O)oc(=O)c1C. The first-order valence-corrected chi connectivity index (χ1v) is 9.49. The Bertz CT molecular complexity index is 902. The van der Waals surface area contributed by atoms with Gasteiger partial charge in [-0.3, -0.25) is 0 Å². The van der Waals surface area contributed by atoms with Crippen molar-refractivity contribution in [3.63, 3.8) is 0 Å². The van der Waals surface area contributed by atoms with Crippen molar-refractivity contribution in [1.82, 2.24) is 0 Å². The van der Waals surface area contributed by atoms with E-state index in [1.165, 1.54) is 7.11 Å². The second-order valence-electron chi connectivity index (χ2n) is 7.69. The summed E-state index contributed by atoms with van der Waals surface area (Å²) in [7, 11) is 1.51. The molecule has 0 unspecified atom stereocenters. The number of rotatable bonds is 6. The van der Waals surface area contributed by atoms with E-state index in [0.29, 0.717) is 17.1 Å². The number of aliphatic hydroxyl groups is 2. The summed E-state index contributed by atoms with van der Waals surface area (Å²) >= 11 is 0. The highest BCUT2D eigenvalue weighted by Crippen LogP contribution is 2.39. The summed E-state index contributed by atoms with van der Waals surface area (Å²) in [6, 6.07) is 1.66. The lowest BCUT2D eigenvalue weighted by molar-refractivity contribution is -0.0579. The maximum Gasteiger partial charge on any atom is 0.342 e. The predicted molar refractivity (Wildman–Crippen MR) is 113 cm³/mol. The van der Waals surface area contributed by atoms with E-state index >= 15 is 0 Å². The monoisotopic (exact) mass is 402 g/mol. The Morgan fingerprint density at radius 2 is 1.90 bits per heavy atom. The van der Waals surface area contributed by atoms with Crippen LogP contribution in [0, 0.1) is 6.92 Å². The van der Waals surface area contributed by atoms with Gasteiger partial charge in [0.2, 0.25) is 0 Å². The first-order valence-electron chi connectivity index (χ1n) is 9.49. The summed E-state index contributed by atoms with van der Waals surface area (Å²) in [6.45, 7) is 8.62. The first kappa shape index (κ1) is 22.9. The number of allylic oxidation sites excluding steroid dienone is 6. The van der Waals surface area contributed by atoms with Crippen LogP contribution in [0.1, 0.15) is 39.0 Å². The average molecular weight is 402 g/mol. The minimum Gasteiger partial charge on any atom is -0.496 e. The molecule has 29 heavy (non-hydrogen) atoms. The second-order valence-corrected chi connectivity index (χ2v) is 7.69. The maximum absolute atomic E-state index is 11.7. The van der Waals surface area contributed by atoms with Crippen molar-refractivity contribution in [3.8, 4) is 5.75 Å². The van der Waals surface area contributed by atoms with Crippen LogP contribution in [0.3, 0.4) is 0 Å². The Morgan fingerprint density at radius 1 is 1.24 bits per heavy atom. The number of methoxy groups -OCH3 is 1. The van der Waals surface area contributed by atoms with Gasteiger partial charge in [-0.25, -0.2) is 4.79 Å². The van der Waals surface area contributed by atoms with Crippen LogP contribution in [0.4, 0.5) is 0 Å². The van der Waals surface area contributed by atoms with Gasteiger partial charge in [0.25, 0.3) is 0 Å². The molecule has 0 bridgehead atoms. The first-order chi connectivity index (χ1) is 13.5. The minimum atomic E-state index is -1.30. The van der Waals surface area contributed by atoms with Crippen molar-refractivity contribution in [3.05, 3.63) is 69.8 Å². The summed E-state index contributed by atoms with van der Waals surface area (Å²) in [5, 5.41) is 20.7. The zero-order valence-electron chi connectivity index (χ0n) is 17.8. The standard InChI is InChI=1S/C23H30O6/c1-15(14-22(4)21(25)23(5,26)17(3)29-22)11-9-7-8-10-12-18-13-19(27-6)16(2)20(24)28-18/h7-14,17,21,25-26H,1-6H3/t17-,21+,22-,23+/m0/s1. The molecule has 1 aromatic rings. The average Bonchev–Trinajstić information content (AvgIpc) is 2.80. The number of ether oxygens (including phenoxy) is 2. The molecule has 158 valence electrons. The summed E-state index contributed by atoms with van der Waals surface area (Å²) in [6.07, 6.45) is 11.1. The van der Waals surface area contributed by atoms with Gasteiger partial charge in [0.15, 0.2) is 0 Å². The van der Waals surface area contributed by atoms with Crippen molar-refractivity contribution in [2.24, 2.45) is 0 Å². The zero-order valence-corrected chi connectivity index (χ0v) is 17.8. The fourth-order valence-electron chi connectivity index (χ4n) is 3.31. The van der Waals surface area contributed by atoms with E-state index in [9.17, 15) is 15.0 Å². The molecule has 6 nitrogen and oxygen atoms in total. The maximum atomic E-state index is 11.7. The van der Waals surface area contributed by atoms with Crippen LogP contribution in [-0.4, -0.2) is 40.7 Å². The fourth-order valence-corrected chi connectivity index (χ4v) is 3.31. The van der Waals surface area contributed by atoms with Crippen LogP contribution in [0.25, 0.3) is 6.08 Å². The van der Waals surface area contributed by atoms with E-state index in [1.807, 2.05) is 31.2 Å². The molecule has 0 saturated carbocycles. The molecule has 0 radical (unpaired) electrons. The molecule has 6 heteroatoms. The van der Waals surface area contributed by atoms with E-state index in [1.54, 1.807) is 52.0 Å². The third kappa shape index (κ3) is 5.15. The molecule has 2 rings (SSSR count). The van der Waals surface area contributed by atoms with Crippen LogP contribution in [0.2, 0.25) is 0 Å². The highest BCUT2D eigenvalue weighted by Gasteiger charge is 2.55. The molecule has 1 aliphatic rings. The van der Waals surface area contributed by atoms with Crippen LogP contribution >= 0.6 is 0 Å². The molecule has 0 aliphatic carbocycles. The molecule has 0 aromatic carbocycles. The highest BCUT2D eigenvalue weighted by molar-refractivity contribution is 5.48. The molecule has 0 amide bonds. The van der Waals surface area contributed by atoms with E-state index in [0.717, 1.165) is 5.57 Å². The molecular weight excluding hydrogens is 372 g/mol. The fraction of sp³-hybridized carbons (Fsp3) is 0.435. The number of hydrogen-bond acceptors (Lipinski definition) is 6. The van der Waals surface area contributed by atoms with Crippen molar-refractivity contribution in [1.29, 1.82) is 0 Å². The van der Waals surface area contributed by atoms with Gasteiger partial charge < -0.3 is 24.1 Å². The third-order valence-electron chi connectivity index (χ3n) is 5.20. The Morgan fingerprint density at radius 3 is 2.48 bits per heavy atom. The Hall–Kier alpha value is -2.41. The van der Waals surface area contributed by atoms with Crippen LogP contribution < -0.4 is 10.4 Å². The van der Waals surface area contributed by atoms with Gasteiger partial charge >= 0.3 is 5.63 Å². The van der Waals surface area contributed by atoms with E-state index in [2.05, 4.69) is 0 Å². The summed E-state index contributed by atoms with van der Waals surface area (Å²) < 4.78 is 16.1. The lowest BCUT2D eigenvalue weighted by Gasteiger charge is -2.28. The normalized spacial score (nSPS) is 30.8. The molecule has 1 aromatic heterocycles. The van der Waals surface area contributed by atoms with Gasteiger partial charge in [-0.15, -0.1) is 0 Å². The third-order valence-corrected chi connectivity index (χ3v) is 5.20. The summed E-state index contributed by atoms with van der Waals surface area (Å²) in [5.74, 6) is 0.896. The second kappa shape index (κ2) is 8.95. The summed E-state index contributed by atoms with van der Waals surface area (Å²) in [4.78, 5) is 11.7. The highest BCUT2D eigenvalue weighted by atomic mass is 16.6. The van der Waals surface area contributed by atoms with E-state index < -0.39 is 29.0 Å². The Kier molecular flexibility index (Phi) is 7.06. The smallest absolute Gasteiger partial charge is 0.342 e. The van der Waals surface area contributed by atoms with Gasteiger partial charge in [-0.05, 0) is 46.8 Å². The quantitative estimate of drug-likeness (QED) is 0.710. The van der Waals surface area contributed by atoms with Gasteiger partial charge in [-0.1, -0.05) is 36.0 Å². The van der Waals surface area contributed by atoms with E-state index in [4.69, 9.17) is 13.9 Å². The zero-order chi connectivity index (χ0) is 21.8. The molecule has 1 fully saturated rings. The van der Waals surface area contributed by atoms with Crippen molar-refractivity contribution in [2.75, 3.05) is 7.11 Å². The number of aliphatic hydroxyl groups excluding tert-OH is 1. The predicted octanol–water partition coefficient (Wildman–Crippen LogP) is 3.32. The number of hydrogen-bond donors (Lipinski definition) is 2. The lowest BCUT2D eigenvalue weighted by atomic mass is 9.86. The van der Waals surface area contributed by atoms with Crippen molar-refractivity contribution >= 4 is 6.08 Å². The van der Waals surface area contributed by atoms with Gasteiger partial charge in [0, 0.05) is 6.07 Å². The summed E-state index contributed by atoms with van der Waals surface area (Å²) in [5.41, 5.74) is -1.35. The Labute approximate surface area is 171 Å². The molecule has 1 saturated heterocycles. The molecular formula is C23H30O6. The van der Waals surface area contributed by atoms with Crippen LogP contribution in [0.15, 0.2) is 57.3 Å². The van der Waals surface area contributed by atoms with E-state index in [-0.39, 0.29) is 0 Å². The minimum absolute atomic E-state index is 0.406. The largest absolute Gasteiger partial charge is 0.496 e. The molecule has 0 spiro atoms. The molecule has 4 atom stereocenters. The molecule has 2 N–H and O–H groups in total. The molecule has 1 aliphatic heterocycles. The Balaban J connectivity index is 2.02. The van der Waals surface area contributed by atoms with Gasteiger partial charge in [-0.2, -0.15) is 0 Å². The topological polar surface area (TPSA) is 89.1 Å². The van der Waals surface area contributed by atoms with Crippen molar-refractivity contribution < 1.29 is 24.1 Å². The van der Waals surface area contributed by atoms with Crippen LogP contribution in [0.5, 0.6) is 5.75 Å².